The second kappa shape index (κ2) is 7.82. The van der Waals surface area contributed by atoms with Gasteiger partial charge in [-0.3, -0.25) is 0 Å². The summed E-state index contributed by atoms with van der Waals surface area (Å²) in [4.78, 5) is 20.3. The van der Waals surface area contributed by atoms with E-state index in [0.29, 0.717) is 12.3 Å². The van der Waals surface area contributed by atoms with E-state index in [1.165, 1.54) is 6.92 Å². The highest BCUT2D eigenvalue weighted by molar-refractivity contribution is 6.34. The molecule has 2 heterocycles. The maximum absolute atomic E-state index is 14.5. The van der Waals surface area contributed by atoms with Crippen molar-refractivity contribution in [3.63, 3.8) is 0 Å². The second-order valence-electron chi connectivity index (χ2n) is 6.63. The molecule has 3 rings (SSSR count). The Balaban J connectivity index is 2.04. The Labute approximate surface area is 172 Å². The van der Waals surface area contributed by atoms with Crippen LogP contribution in [0.1, 0.15) is 31.4 Å². The number of oxime groups is 1. The van der Waals surface area contributed by atoms with Crippen molar-refractivity contribution in [1.29, 1.82) is 0 Å². The number of esters is 1. The van der Waals surface area contributed by atoms with Gasteiger partial charge in [0.2, 0.25) is 11.5 Å². The number of carbonyl (C=O) groups is 1. The monoisotopic (exact) mass is 448 g/mol. The van der Waals surface area contributed by atoms with E-state index in [9.17, 15) is 26.7 Å². The molecule has 0 radical (unpaired) electrons. The quantitative estimate of drug-likeness (QED) is 0.369. The summed E-state index contributed by atoms with van der Waals surface area (Å²) in [5.74, 6) is -3.04. The van der Waals surface area contributed by atoms with Crippen LogP contribution in [0.3, 0.4) is 0 Å². The molecule has 0 amide bonds. The second-order valence-corrected chi connectivity index (χ2v) is 7.04. The average molecular weight is 449 g/mol. The van der Waals surface area contributed by atoms with Crippen LogP contribution in [0.5, 0.6) is 0 Å². The molecule has 30 heavy (non-hydrogen) atoms. The maximum Gasteiger partial charge on any atom is 0.417 e. The van der Waals surface area contributed by atoms with Crippen LogP contribution >= 0.6 is 11.6 Å². The number of halogens is 6. The molecular weight excluding hydrogens is 435 g/mol. The number of alkyl halides is 3. The number of ether oxygens (including phenoxy) is 1. The first-order valence-corrected chi connectivity index (χ1v) is 8.99. The van der Waals surface area contributed by atoms with Gasteiger partial charge in [0.15, 0.2) is 0 Å². The lowest BCUT2D eigenvalue weighted by Gasteiger charge is -2.18. The molecule has 1 aliphatic rings. The SMILES string of the molecule is CCOC(=O)C1(C)CC(c2cc(-c3cc(C(F)(F)F)cnc3F)c(F)cc2Cl)=NO1. The summed E-state index contributed by atoms with van der Waals surface area (Å²) in [6, 6.07) is 2.31. The van der Waals surface area contributed by atoms with Gasteiger partial charge in [0, 0.05) is 29.3 Å². The number of hydrogen-bond donors (Lipinski definition) is 0. The minimum absolute atomic E-state index is 0.0675. The normalized spacial score (nSPS) is 18.7. The van der Waals surface area contributed by atoms with Gasteiger partial charge in [0.25, 0.3) is 0 Å². The van der Waals surface area contributed by atoms with Crippen molar-refractivity contribution in [2.24, 2.45) is 5.16 Å². The fourth-order valence-electron chi connectivity index (χ4n) is 2.85. The molecule has 1 aliphatic heterocycles. The van der Waals surface area contributed by atoms with Gasteiger partial charge >= 0.3 is 12.1 Å². The van der Waals surface area contributed by atoms with Crippen LogP contribution in [0.2, 0.25) is 5.02 Å². The molecule has 0 fully saturated rings. The summed E-state index contributed by atoms with van der Waals surface area (Å²) in [5.41, 5.74) is -3.71. The first kappa shape index (κ1) is 21.9. The van der Waals surface area contributed by atoms with E-state index in [-0.39, 0.29) is 29.3 Å². The standard InChI is InChI=1S/C19H14ClF5N2O3/c1-3-29-17(28)18(2)7-15(27-30-18)12-5-10(14(21)6-13(12)20)11-4-9(19(23,24)25)8-26-16(11)22/h4-6,8H,3,7H2,1-2H3. The molecular formula is C19H14ClF5N2O3. The average Bonchev–Trinajstić information content (AvgIpc) is 3.05. The third-order valence-electron chi connectivity index (χ3n) is 4.39. The summed E-state index contributed by atoms with van der Waals surface area (Å²) < 4.78 is 72.5. The predicted molar refractivity (Wildman–Crippen MR) is 96.9 cm³/mol. The van der Waals surface area contributed by atoms with Gasteiger partial charge in [-0.1, -0.05) is 16.8 Å². The molecule has 0 bridgehead atoms. The minimum Gasteiger partial charge on any atom is -0.463 e. The van der Waals surface area contributed by atoms with Crippen LogP contribution in [0.4, 0.5) is 22.0 Å². The topological polar surface area (TPSA) is 60.8 Å². The van der Waals surface area contributed by atoms with Gasteiger partial charge < -0.3 is 9.57 Å². The van der Waals surface area contributed by atoms with E-state index in [2.05, 4.69) is 10.1 Å². The predicted octanol–water partition coefficient (Wildman–Crippen LogP) is 5.15. The highest BCUT2D eigenvalue weighted by Gasteiger charge is 2.44. The Kier molecular flexibility index (Phi) is 5.72. The van der Waals surface area contributed by atoms with E-state index in [4.69, 9.17) is 21.2 Å². The molecule has 1 unspecified atom stereocenters. The van der Waals surface area contributed by atoms with Crippen LogP contribution in [-0.2, 0) is 20.5 Å². The minimum atomic E-state index is -4.80. The molecule has 1 aromatic heterocycles. The van der Waals surface area contributed by atoms with Crippen LogP contribution in [0, 0.1) is 11.8 Å². The smallest absolute Gasteiger partial charge is 0.417 e. The largest absolute Gasteiger partial charge is 0.463 e. The molecule has 0 saturated carbocycles. The third-order valence-corrected chi connectivity index (χ3v) is 4.71. The Bertz CT molecular complexity index is 1040. The molecule has 0 N–H and O–H groups in total. The van der Waals surface area contributed by atoms with Crippen LogP contribution in [-0.4, -0.2) is 28.9 Å². The Morgan fingerprint density at radius 1 is 1.23 bits per heavy atom. The summed E-state index contributed by atoms with van der Waals surface area (Å²) in [5, 5.41) is 3.64. The lowest BCUT2D eigenvalue weighted by Crippen LogP contribution is -2.37. The fourth-order valence-corrected chi connectivity index (χ4v) is 3.11. The molecule has 11 heteroatoms. The summed E-state index contributed by atoms with van der Waals surface area (Å²) in [7, 11) is 0. The fraction of sp³-hybridized carbons (Fsp3) is 0.316. The van der Waals surface area contributed by atoms with E-state index >= 15 is 0 Å². The first-order valence-electron chi connectivity index (χ1n) is 8.61. The van der Waals surface area contributed by atoms with Crippen LogP contribution in [0.25, 0.3) is 11.1 Å². The number of hydrogen-bond acceptors (Lipinski definition) is 5. The van der Waals surface area contributed by atoms with Crippen molar-refractivity contribution in [3.8, 4) is 11.1 Å². The van der Waals surface area contributed by atoms with Crippen molar-refractivity contribution in [2.75, 3.05) is 6.61 Å². The van der Waals surface area contributed by atoms with Gasteiger partial charge in [0.05, 0.1) is 22.9 Å². The zero-order valence-corrected chi connectivity index (χ0v) is 16.4. The number of aromatic nitrogens is 1. The van der Waals surface area contributed by atoms with Gasteiger partial charge in [-0.25, -0.2) is 14.2 Å². The summed E-state index contributed by atoms with van der Waals surface area (Å²) in [6.07, 6.45) is -4.58. The lowest BCUT2D eigenvalue weighted by molar-refractivity contribution is -0.166. The van der Waals surface area contributed by atoms with E-state index < -0.39 is 46.2 Å². The van der Waals surface area contributed by atoms with Crippen molar-refractivity contribution in [3.05, 3.63) is 52.3 Å². The van der Waals surface area contributed by atoms with Crippen molar-refractivity contribution in [1.82, 2.24) is 4.98 Å². The highest BCUT2D eigenvalue weighted by Crippen LogP contribution is 2.37. The van der Waals surface area contributed by atoms with E-state index in [0.717, 1.165) is 12.1 Å². The Morgan fingerprint density at radius 3 is 2.57 bits per heavy atom. The molecule has 0 saturated heterocycles. The van der Waals surface area contributed by atoms with Gasteiger partial charge in [-0.2, -0.15) is 17.6 Å². The Morgan fingerprint density at radius 2 is 1.93 bits per heavy atom. The van der Waals surface area contributed by atoms with Gasteiger partial charge in [-0.05, 0) is 32.0 Å². The number of benzene rings is 1. The molecule has 2 aromatic rings. The number of nitrogens with zero attached hydrogens (tertiary/aromatic N) is 2. The molecule has 1 aromatic carbocycles. The zero-order chi connectivity index (χ0) is 22.3. The molecule has 0 aliphatic carbocycles. The number of rotatable bonds is 4. The lowest BCUT2D eigenvalue weighted by atomic mass is 9.93. The first-order chi connectivity index (χ1) is 14.0. The number of carbonyl (C=O) groups excluding carboxylic acids is 1. The van der Waals surface area contributed by atoms with Gasteiger partial charge in [-0.15, -0.1) is 0 Å². The van der Waals surface area contributed by atoms with Crippen molar-refractivity contribution < 1.29 is 36.3 Å². The maximum atomic E-state index is 14.5. The van der Waals surface area contributed by atoms with Gasteiger partial charge in [0.1, 0.15) is 5.82 Å². The molecule has 160 valence electrons. The van der Waals surface area contributed by atoms with E-state index in [1.807, 2.05) is 0 Å². The number of pyridine rings is 1. The van der Waals surface area contributed by atoms with Crippen LogP contribution in [0.15, 0.2) is 29.6 Å². The highest BCUT2D eigenvalue weighted by atomic mass is 35.5. The zero-order valence-electron chi connectivity index (χ0n) is 15.6. The van der Waals surface area contributed by atoms with E-state index in [1.54, 1.807) is 6.92 Å². The molecule has 5 nitrogen and oxygen atoms in total. The van der Waals surface area contributed by atoms with Crippen molar-refractivity contribution in [2.45, 2.75) is 32.0 Å². The Hall–Kier alpha value is -2.75. The third kappa shape index (κ3) is 4.09. The molecule has 1 atom stereocenters. The van der Waals surface area contributed by atoms with Crippen LogP contribution < -0.4 is 0 Å². The summed E-state index contributed by atoms with van der Waals surface area (Å²) >= 11 is 6.06. The summed E-state index contributed by atoms with van der Waals surface area (Å²) in [6.45, 7) is 3.14. The molecule has 0 spiro atoms. The van der Waals surface area contributed by atoms with Crippen molar-refractivity contribution >= 4 is 23.3 Å².